The first-order valence-electron chi connectivity index (χ1n) is 13.8. The minimum absolute atomic E-state index is 0.0238. The molecule has 0 bridgehead atoms. The van der Waals surface area contributed by atoms with Gasteiger partial charge in [0, 0.05) is 20.1 Å². The molecule has 2 aliphatic heterocycles. The van der Waals surface area contributed by atoms with Gasteiger partial charge in [-0.3, -0.25) is 9.59 Å². The summed E-state index contributed by atoms with van der Waals surface area (Å²) in [6.45, 7) is 4.99. The van der Waals surface area contributed by atoms with Gasteiger partial charge in [-0.25, -0.2) is 14.8 Å². The monoisotopic (exact) mass is 543 g/mol. The Hall–Kier alpha value is -4.11. The molecule has 2 fully saturated rings. The van der Waals surface area contributed by atoms with Crippen molar-refractivity contribution in [1.29, 1.82) is 0 Å². The number of piperazine rings is 1. The number of amides is 4. The summed E-state index contributed by atoms with van der Waals surface area (Å²) in [4.78, 5) is 44.5. The smallest absolute Gasteiger partial charge is 0.334 e. The number of rotatable bonds is 7. The molecule has 0 saturated carbocycles. The number of urea groups is 1. The van der Waals surface area contributed by atoms with Crippen LogP contribution in [-0.2, 0) is 22.7 Å². The SMILES string of the molecule is CCC(C)[C@H]1C(=O)N(Cc2cccc3ccccc23)C[C@H]2N1C(=O)CN(C)N2C(=O)NCc1ccc(OC)cc1. The van der Waals surface area contributed by atoms with Crippen LogP contribution < -0.4 is 10.1 Å². The summed E-state index contributed by atoms with van der Waals surface area (Å²) in [6.07, 6.45) is 0.114. The lowest BCUT2D eigenvalue weighted by Crippen LogP contribution is -2.76. The van der Waals surface area contributed by atoms with Crippen LogP contribution >= 0.6 is 0 Å². The molecular weight excluding hydrogens is 506 g/mol. The van der Waals surface area contributed by atoms with Crippen LogP contribution in [0.15, 0.2) is 66.7 Å². The average Bonchev–Trinajstić information content (AvgIpc) is 2.97. The van der Waals surface area contributed by atoms with Crippen LogP contribution in [0.2, 0.25) is 0 Å². The molecule has 3 atom stereocenters. The van der Waals surface area contributed by atoms with Crippen LogP contribution in [0.4, 0.5) is 4.79 Å². The molecule has 40 heavy (non-hydrogen) atoms. The van der Waals surface area contributed by atoms with Gasteiger partial charge in [0.2, 0.25) is 11.8 Å². The third-order valence-electron chi connectivity index (χ3n) is 8.11. The van der Waals surface area contributed by atoms with Crippen molar-refractivity contribution in [3.63, 3.8) is 0 Å². The summed E-state index contributed by atoms with van der Waals surface area (Å²) >= 11 is 0. The van der Waals surface area contributed by atoms with Crippen molar-refractivity contribution in [3.05, 3.63) is 77.9 Å². The van der Waals surface area contributed by atoms with Gasteiger partial charge in [0.15, 0.2) is 0 Å². The molecule has 3 aromatic carbocycles. The molecule has 9 nitrogen and oxygen atoms in total. The van der Waals surface area contributed by atoms with Crippen molar-refractivity contribution >= 4 is 28.6 Å². The number of carbonyl (C=O) groups excluding carboxylic acids is 3. The fourth-order valence-corrected chi connectivity index (χ4v) is 5.78. The highest BCUT2D eigenvalue weighted by Gasteiger charge is 2.51. The molecule has 2 aliphatic rings. The second-order valence-corrected chi connectivity index (χ2v) is 10.6. The van der Waals surface area contributed by atoms with E-state index in [-0.39, 0.29) is 36.9 Å². The minimum Gasteiger partial charge on any atom is -0.497 e. The van der Waals surface area contributed by atoms with Gasteiger partial charge >= 0.3 is 6.03 Å². The highest BCUT2D eigenvalue weighted by molar-refractivity contribution is 5.92. The third kappa shape index (κ3) is 5.21. The van der Waals surface area contributed by atoms with Crippen molar-refractivity contribution in [2.45, 2.75) is 45.6 Å². The Bertz CT molecular complexity index is 1390. The third-order valence-corrected chi connectivity index (χ3v) is 8.11. The predicted molar refractivity (Wildman–Crippen MR) is 153 cm³/mol. The molecule has 9 heteroatoms. The fourth-order valence-electron chi connectivity index (χ4n) is 5.78. The van der Waals surface area contributed by atoms with E-state index in [2.05, 4.69) is 23.5 Å². The second kappa shape index (κ2) is 11.6. The number of hydrogen-bond donors (Lipinski definition) is 1. The molecule has 1 N–H and O–H groups in total. The van der Waals surface area contributed by atoms with E-state index in [4.69, 9.17) is 4.74 Å². The van der Waals surface area contributed by atoms with E-state index in [1.807, 2.05) is 67.3 Å². The van der Waals surface area contributed by atoms with Gasteiger partial charge in [0.05, 0.1) is 20.2 Å². The Balaban J connectivity index is 1.44. The lowest BCUT2D eigenvalue weighted by Gasteiger charge is -2.55. The Kier molecular flexibility index (Phi) is 7.93. The highest BCUT2D eigenvalue weighted by atomic mass is 16.5. The molecule has 4 amide bonds. The van der Waals surface area contributed by atoms with Crippen LogP contribution in [0.1, 0.15) is 31.4 Å². The average molecular weight is 544 g/mol. The maximum Gasteiger partial charge on any atom is 0.334 e. The van der Waals surface area contributed by atoms with E-state index in [1.54, 1.807) is 29.1 Å². The molecule has 1 unspecified atom stereocenters. The summed E-state index contributed by atoms with van der Waals surface area (Å²) in [7, 11) is 3.35. The number of nitrogens with zero attached hydrogens (tertiary/aromatic N) is 4. The van der Waals surface area contributed by atoms with Crippen LogP contribution in [0, 0.1) is 5.92 Å². The van der Waals surface area contributed by atoms with E-state index >= 15 is 0 Å². The maximum absolute atomic E-state index is 14.0. The van der Waals surface area contributed by atoms with Gasteiger partial charge in [-0.2, -0.15) is 0 Å². The number of methoxy groups -OCH3 is 1. The van der Waals surface area contributed by atoms with Gasteiger partial charge in [-0.15, -0.1) is 0 Å². The van der Waals surface area contributed by atoms with Crippen LogP contribution in [0.5, 0.6) is 5.75 Å². The Morgan fingerprint density at radius 2 is 1.77 bits per heavy atom. The molecule has 5 rings (SSSR count). The standard InChI is InChI=1S/C31H37N5O4/c1-5-21(2)29-30(38)34(18-24-11-8-10-23-9-6-7-12-26(23)24)19-27-35(29)28(37)20-33(3)36(27)31(39)32-17-22-13-15-25(40-4)16-14-22/h6-16,21,27,29H,5,17-20H2,1-4H3,(H,32,39)/t21?,27-,29-/m0/s1. The topological polar surface area (TPSA) is 85.4 Å². The normalized spacial score (nSPS) is 20.4. The molecule has 0 spiro atoms. The lowest BCUT2D eigenvalue weighted by atomic mass is 9.92. The Morgan fingerprint density at radius 3 is 2.50 bits per heavy atom. The van der Waals surface area contributed by atoms with E-state index in [0.29, 0.717) is 13.1 Å². The summed E-state index contributed by atoms with van der Waals surface area (Å²) in [6, 6.07) is 20.8. The number of benzene rings is 3. The van der Waals surface area contributed by atoms with Crippen LogP contribution in [-0.4, -0.2) is 77.1 Å². The summed E-state index contributed by atoms with van der Waals surface area (Å²) in [5, 5.41) is 8.46. The lowest BCUT2D eigenvalue weighted by molar-refractivity contribution is -0.190. The molecule has 0 radical (unpaired) electrons. The zero-order valence-electron chi connectivity index (χ0n) is 23.5. The number of hydrogen-bond acceptors (Lipinski definition) is 5. The number of ether oxygens (including phenoxy) is 1. The summed E-state index contributed by atoms with van der Waals surface area (Å²) < 4.78 is 5.22. The first-order valence-corrected chi connectivity index (χ1v) is 13.8. The Morgan fingerprint density at radius 1 is 1.05 bits per heavy atom. The molecule has 210 valence electrons. The molecule has 2 heterocycles. The van der Waals surface area contributed by atoms with Gasteiger partial charge in [0.1, 0.15) is 18.0 Å². The zero-order valence-corrected chi connectivity index (χ0v) is 23.5. The van der Waals surface area contributed by atoms with Crippen molar-refractivity contribution < 1.29 is 19.1 Å². The molecule has 3 aromatic rings. The number of likely N-dealkylation sites (N-methyl/N-ethyl adjacent to an activating group) is 1. The number of hydrazine groups is 1. The largest absolute Gasteiger partial charge is 0.497 e. The summed E-state index contributed by atoms with van der Waals surface area (Å²) in [5.74, 6) is 0.460. The second-order valence-electron chi connectivity index (χ2n) is 10.6. The fraction of sp³-hybridized carbons (Fsp3) is 0.387. The van der Waals surface area contributed by atoms with E-state index in [9.17, 15) is 14.4 Å². The van der Waals surface area contributed by atoms with Gasteiger partial charge < -0.3 is 19.9 Å². The number of fused-ring (bicyclic) bond motifs is 2. The first-order chi connectivity index (χ1) is 19.3. The maximum atomic E-state index is 14.0. The van der Waals surface area contributed by atoms with Crippen molar-refractivity contribution in [1.82, 2.24) is 25.1 Å². The van der Waals surface area contributed by atoms with Gasteiger partial charge in [0.25, 0.3) is 0 Å². The minimum atomic E-state index is -0.642. The van der Waals surface area contributed by atoms with Crippen molar-refractivity contribution in [3.8, 4) is 5.75 Å². The van der Waals surface area contributed by atoms with E-state index < -0.39 is 12.2 Å². The van der Waals surface area contributed by atoms with E-state index in [1.165, 1.54) is 0 Å². The summed E-state index contributed by atoms with van der Waals surface area (Å²) in [5.41, 5.74) is 1.96. The van der Waals surface area contributed by atoms with Crippen molar-refractivity contribution in [2.24, 2.45) is 5.92 Å². The van der Waals surface area contributed by atoms with Crippen LogP contribution in [0.25, 0.3) is 10.8 Å². The predicted octanol–water partition coefficient (Wildman–Crippen LogP) is 3.83. The van der Waals surface area contributed by atoms with Crippen LogP contribution in [0.3, 0.4) is 0 Å². The zero-order chi connectivity index (χ0) is 28.4. The van der Waals surface area contributed by atoms with Gasteiger partial charge in [-0.05, 0) is 39.9 Å². The highest BCUT2D eigenvalue weighted by Crippen LogP contribution is 2.32. The quantitative estimate of drug-likeness (QED) is 0.490. The molecule has 0 aliphatic carbocycles. The number of carbonyl (C=O) groups is 3. The van der Waals surface area contributed by atoms with Gasteiger partial charge in [-0.1, -0.05) is 74.9 Å². The first kappa shape index (κ1) is 27.5. The Labute approximate surface area is 235 Å². The van der Waals surface area contributed by atoms with Crippen molar-refractivity contribution in [2.75, 3.05) is 27.2 Å². The molecule has 0 aromatic heterocycles. The molecular formula is C31H37N5O4. The number of nitrogens with one attached hydrogen (secondary N) is 1. The molecule has 2 saturated heterocycles. The van der Waals surface area contributed by atoms with E-state index in [0.717, 1.165) is 34.1 Å².